The van der Waals surface area contributed by atoms with Gasteiger partial charge in [0, 0.05) is 30.7 Å². The molecule has 0 aliphatic heterocycles. The Morgan fingerprint density at radius 1 is 1.20 bits per heavy atom. The summed E-state index contributed by atoms with van der Waals surface area (Å²) in [5, 5.41) is 0. The van der Waals surface area contributed by atoms with Gasteiger partial charge in [-0.3, -0.25) is 4.98 Å². The molecule has 0 saturated heterocycles. The van der Waals surface area contributed by atoms with Gasteiger partial charge in [0.1, 0.15) is 0 Å². The van der Waals surface area contributed by atoms with Crippen molar-refractivity contribution >= 4 is 5.69 Å². The molecule has 0 spiro atoms. The molecule has 0 radical (unpaired) electrons. The van der Waals surface area contributed by atoms with Crippen molar-refractivity contribution in [3.63, 3.8) is 0 Å². The van der Waals surface area contributed by atoms with Crippen molar-refractivity contribution in [1.29, 1.82) is 0 Å². The van der Waals surface area contributed by atoms with E-state index < -0.39 is 0 Å². The smallest absolute Gasteiger partial charge is 0.0978 e. The van der Waals surface area contributed by atoms with Crippen LogP contribution in [0.2, 0.25) is 0 Å². The van der Waals surface area contributed by atoms with Crippen LogP contribution >= 0.6 is 0 Å². The molecule has 4 heteroatoms. The quantitative estimate of drug-likeness (QED) is 0.845. The number of nitrogen functional groups attached to an aromatic ring is 1. The van der Waals surface area contributed by atoms with Gasteiger partial charge in [0.15, 0.2) is 0 Å². The zero-order valence-electron chi connectivity index (χ0n) is 11.7. The Balaban J connectivity index is 2.16. The molecule has 20 heavy (non-hydrogen) atoms. The molecule has 2 atom stereocenters. The molecule has 0 fully saturated rings. The average molecular weight is 271 g/mol. The fourth-order valence-electron chi connectivity index (χ4n) is 2.26. The van der Waals surface area contributed by atoms with Gasteiger partial charge in [0.2, 0.25) is 0 Å². The first-order valence-electron chi connectivity index (χ1n) is 6.83. The van der Waals surface area contributed by atoms with Gasteiger partial charge in [0.05, 0.1) is 6.10 Å². The maximum absolute atomic E-state index is 6.33. The number of rotatable bonds is 6. The summed E-state index contributed by atoms with van der Waals surface area (Å²) in [6.07, 6.45) is 3.95. The molecule has 4 nitrogen and oxygen atoms in total. The van der Waals surface area contributed by atoms with Gasteiger partial charge < -0.3 is 16.2 Å². The Hall–Kier alpha value is -1.91. The molecule has 1 heterocycles. The lowest BCUT2D eigenvalue weighted by Crippen LogP contribution is -2.32. The lowest BCUT2D eigenvalue weighted by molar-refractivity contribution is 0.0433. The molecule has 2 rings (SSSR count). The topological polar surface area (TPSA) is 74.2 Å². The Morgan fingerprint density at radius 2 is 1.95 bits per heavy atom. The van der Waals surface area contributed by atoms with Gasteiger partial charge in [-0.15, -0.1) is 0 Å². The number of hydrogen-bond acceptors (Lipinski definition) is 4. The van der Waals surface area contributed by atoms with Crippen LogP contribution in [0, 0.1) is 0 Å². The Labute approximate surface area is 119 Å². The fourth-order valence-corrected chi connectivity index (χ4v) is 2.26. The van der Waals surface area contributed by atoms with Crippen LogP contribution in [-0.4, -0.2) is 17.6 Å². The monoisotopic (exact) mass is 271 g/mol. The molecular formula is C16H21N3O. The second-order valence-corrected chi connectivity index (χ2v) is 4.73. The van der Waals surface area contributed by atoms with Crippen LogP contribution < -0.4 is 11.5 Å². The minimum Gasteiger partial charge on any atom is -0.398 e. The highest BCUT2D eigenvalue weighted by Gasteiger charge is 2.21. The summed E-state index contributed by atoms with van der Waals surface area (Å²) in [7, 11) is 0. The summed E-state index contributed by atoms with van der Waals surface area (Å²) in [5.74, 6) is 0. The molecule has 0 bridgehead atoms. The summed E-state index contributed by atoms with van der Waals surface area (Å²) < 4.78 is 5.82. The molecule has 1 aromatic carbocycles. The third-order valence-electron chi connectivity index (χ3n) is 3.26. The zero-order chi connectivity index (χ0) is 14.4. The van der Waals surface area contributed by atoms with Crippen molar-refractivity contribution in [2.45, 2.75) is 25.5 Å². The number of nitrogens with two attached hydrogens (primary N) is 2. The number of anilines is 1. The van der Waals surface area contributed by atoms with Crippen molar-refractivity contribution in [3.05, 3.63) is 59.9 Å². The minimum absolute atomic E-state index is 0.138. The third kappa shape index (κ3) is 3.56. The van der Waals surface area contributed by atoms with Gasteiger partial charge in [-0.25, -0.2) is 0 Å². The number of pyridine rings is 1. The Bertz CT molecular complexity index is 530. The highest BCUT2D eigenvalue weighted by Crippen LogP contribution is 2.23. The minimum atomic E-state index is -0.163. The van der Waals surface area contributed by atoms with Crippen LogP contribution in [0.5, 0.6) is 0 Å². The van der Waals surface area contributed by atoms with Gasteiger partial charge in [0.25, 0.3) is 0 Å². The number of ether oxygens (including phenoxy) is 1. The first-order chi connectivity index (χ1) is 9.72. The number of hydrogen-bond donors (Lipinski definition) is 2. The molecule has 0 aliphatic rings. The van der Waals surface area contributed by atoms with Crippen LogP contribution in [0.1, 0.15) is 24.2 Å². The lowest BCUT2D eigenvalue weighted by Gasteiger charge is -2.24. The van der Waals surface area contributed by atoms with E-state index >= 15 is 0 Å². The lowest BCUT2D eigenvalue weighted by atomic mass is 9.97. The summed E-state index contributed by atoms with van der Waals surface area (Å²) in [6.45, 7) is 2.59. The predicted molar refractivity (Wildman–Crippen MR) is 81.1 cm³/mol. The van der Waals surface area contributed by atoms with Crippen molar-refractivity contribution in [2.24, 2.45) is 5.73 Å². The SMILES string of the molecule is CCOC(c1ccccc1)C(N)Cc1cnccc1N. The molecule has 0 aliphatic carbocycles. The van der Waals surface area contributed by atoms with Crippen molar-refractivity contribution in [2.75, 3.05) is 12.3 Å². The maximum Gasteiger partial charge on any atom is 0.0978 e. The molecule has 0 saturated carbocycles. The van der Waals surface area contributed by atoms with E-state index in [-0.39, 0.29) is 12.1 Å². The zero-order valence-corrected chi connectivity index (χ0v) is 11.7. The third-order valence-corrected chi connectivity index (χ3v) is 3.26. The van der Waals surface area contributed by atoms with Crippen LogP contribution in [0.4, 0.5) is 5.69 Å². The second-order valence-electron chi connectivity index (χ2n) is 4.73. The van der Waals surface area contributed by atoms with E-state index in [9.17, 15) is 0 Å². The van der Waals surface area contributed by atoms with E-state index in [0.717, 1.165) is 16.8 Å². The standard InChI is InChI=1S/C16H21N3O/c1-2-20-16(12-6-4-3-5-7-12)15(18)10-13-11-19-9-8-14(13)17/h3-9,11,15-16H,2,10,18H2,1H3,(H2,17,19). The molecule has 1 aromatic heterocycles. The van der Waals surface area contributed by atoms with Crippen LogP contribution in [0.3, 0.4) is 0 Å². The average Bonchev–Trinajstić information content (AvgIpc) is 2.48. The number of aromatic nitrogens is 1. The van der Waals surface area contributed by atoms with Gasteiger partial charge >= 0.3 is 0 Å². The summed E-state index contributed by atoms with van der Waals surface area (Å²) in [4.78, 5) is 4.10. The molecule has 4 N–H and O–H groups in total. The molecule has 2 unspecified atom stereocenters. The summed E-state index contributed by atoms with van der Waals surface area (Å²) in [6, 6.07) is 11.7. The Kier molecular flexibility index (Phi) is 5.09. The van der Waals surface area contributed by atoms with E-state index in [1.165, 1.54) is 0 Å². The highest BCUT2D eigenvalue weighted by atomic mass is 16.5. The van der Waals surface area contributed by atoms with E-state index in [1.54, 1.807) is 18.5 Å². The van der Waals surface area contributed by atoms with Gasteiger partial charge in [-0.1, -0.05) is 30.3 Å². The van der Waals surface area contributed by atoms with Crippen LogP contribution in [0.25, 0.3) is 0 Å². The van der Waals surface area contributed by atoms with Crippen LogP contribution in [-0.2, 0) is 11.2 Å². The first-order valence-corrected chi connectivity index (χ1v) is 6.83. The van der Waals surface area contributed by atoms with Gasteiger partial charge in [-0.05, 0) is 30.5 Å². The van der Waals surface area contributed by atoms with E-state index in [0.29, 0.717) is 13.0 Å². The summed E-state index contributed by atoms with van der Waals surface area (Å²) >= 11 is 0. The Morgan fingerprint density at radius 3 is 2.60 bits per heavy atom. The molecular weight excluding hydrogens is 250 g/mol. The van der Waals surface area contributed by atoms with E-state index in [2.05, 4.69) is 4.98 Å². The van der Waals surface area contributed by atoms with Crippen LogP contribution in [0.15, 0.2) is 48.8 Å². The second kappa shape index (κ2) is 7.03. The number of nitrogens with zero attached hydrogens (tertiary/aromatic N) is 1. The van der Waals surface area contributed by atoms with Gasteiger partial charge in [-0.2, -0.15) is 0 Å². The molecule has 106 valence electrons. The van der Waals surface area contributed by atoms with Crippen molar-refractivity contribution < 1.29 is 4.74 Å². The highest BCUT2D eigenvalue weighted by molar-refractivity contribution is 5.44. The normalized spacial score (nSPS) is 13.9. The summed E-state index contributed by atoms with van der Waals surface area (Å²) in [5.41, 5.74) is 15.0. The number of benzene rings is 1. The largest absolute Gasteiger partial charge is 0.398 e. The molecule has 0 amide bonds. The molecule has 2 aromatic rings. The van der Waals surface area contributed by atoms with E-state index in [1.807, 2.05) is 37.3 Å². The van der Waals surface area contributed by atoms with Crippen molar-refractivity contribution in [3.8, 4) is 0 Å². The fraction of sp³-hybridized carbons (Fsp3) is 0.312. The first kappa shape index (κ1) is 14.5. The predicted octanol–water partition coefficient (Wildman–Crippen LogP) is 2.31. The van der Waals surface area contributed by atoms with Crippen molar-refractivity contribution in [1.82, 2.24) is 4.98 Å². The maximum atomic E-state index is 6.33. The van der Waals surface area contributed by atoms with E-state index in [4.69, 9.17) is 16.2 Å².